The average Bonchev–Trinajstić information content (AvgIpc) is 2.47. The fourth-order valence-electron chi connectivity index (χ4n) is 2.57. The summed E-state index contributed by atoms with van der Waals surface area (Å²) in [5.41, 5.74) is 3.54. The van der Waals surface area contributed by atoms with Crippen molar-refractivity contribution in [1.82, 2.24) is 15.0 Å². The Balaban J connectivity index is 2.02. The lowest BCUT2D eigenvalue weighted by atomic mass is 9.85. The smallest absolute Gasteiger partial charge is 0.144 e. The first-order chi connectivity index (χ1) is 8.88. The van der Waals surface area contributed by atoms with Crippen LogP contribution in [0.4, 0.5) is 5.82 Å². The highest BCUT2D eigenvalue weighted by molar-refractivity contribution is 5.36. The second-order valence-electron chi connectivity index (χ2n) is 4.57. The number of aromatic nitrogens is 3. The largest absolute Gasteiger partial charge is 0.372 e. The van der Waals surface area contributed by atoms with Crippen LogP contribution in [-0.2, 0) is 6.42 Å². The predicted octanol–water partition coefficient (Wildman–Crippen LogP) is 2.38. The van der Waals surface area contributed by atoms with E-state index in [0.29, 0.717) is 0 Å². The maximum absolute atomic E-state index is 4.60. The van der Waals surface area contributed by atoms with Gasteiger partial charge in [0, 0.05) is 25.4 Å². The molecule has 0 bridgehead atoms. The van der Waals surface area contributed by atoms with Crippen LogP contribution in [0.15, 0.2) is 30.7 Å². The lowest BCUT2D eigenvalue weighted by molar-refractivity contribution is 0.586. The Morgan fingerprint density at radius 2 is 2.28 bits per heavy atom. The van der Waals surface area contributed by atoms with Crippen LogP contribution in [0.2, 0.25) is 0 Å². The third kappa shape index (κ3) is 1.94. The van der Waals surface area contributed by atoms with E-state index in [-0.39, 0.29) is 5.92 Å². The molecule has 18 heavy (non-hydrogen) atoms. The standard InChI is InChI=1S/C14H16N4/c1-15-13-9-16-8-12(18-13)11-6-2-4-10-5-3-7-17-14(10)11/h3,5,7-9,11H,2,4,6H2,1H3,(H,15,18). The Kier molecular flexibility index (Phi) is 2.92. The number of rotatable bonds is 2. The SMILES string of the molecule is CNc1cncc(C2CCCc3cccnc32)n1. The highest BCUT2D eigenvalue weighted by Crippen LogP contribution is 2.34. The van der Waals surface area contributed by atoms with Crippen molar-refractivity contribution in [3.05, 3.63) is 47.7 Å². The molecular formula is C14H16N4. The number of hydrogen-bond donors (Lipinski definition) is 1. The first-order valence-electron chi connectivity index (χ1n) is 6.32. The normalized spacial score (nSPS) is 18.2. The van der Waals surface area contributed by atoms with E-state index in [0.717, 1.165) is 24.4 Å². The van der Waals surface area contributed by atoms with Gasteiger partial charge in [0.15, 0.2) is 0 Å². The van der Waals surface area contributed by atoms with Gasteiger partial charge in [-0.25, -0.2) is 4.98 Å². The quantitative estimate of drug-likeness (QED) is 0.875. The van der Waals surface area contributed by atoms with Gasteiger partial charge < -0.3 is 5.32 Å². The summed E-state index contributed by atoms with van der Waals surface area (Å²) in [6.45, 7) is 0. The molecule has 1 aliphatic rings. The Bertz CT molecular complexity index is 553. The predicted molar refractivity (Wildman–Crippen MR) is 70.6 cm³/mol. The van der Waals surface area contributed by atoms with Crippen LogP contribution in [0.3, 0.4) is 0 Å². The van der Waals surface area contributed by atoms with E-state index in [1.54, 1.807) is 6.20 Å². The first kappa shape index (κ1) is 11.1. The molecule has 0 saturated carbocycles. The maximum atomic E-state index is 4.60. The second-order valence-corrected chi connectivity index (χ2v) is 4.57. The van der Waals surface area contributed by atoms with Crippen molar-refractivity contribution in [2.45, 2.75) is 25.2 Å². The summed E-state index contributed by atoms with van der Waals surface area (Å²) in [5, 5.41) is 3.04. The van der Waals surface area contributed by atoms with Crippen LogP contribution in [0.25, 0.3) is 0 Å². The van der Waals surface area contributed by atoms with E-state index in [1.807, 2.05) is 25.5 Å². The van der Waals surface area contributed by atoms with Gasteiger partial charge in [-0.05, 0) is 30.9 Å². The third-order valence-electron chi connectivity index (χ3n) is 3.46. The zero-order valence-electron chi connectivity index (χ0n) is 10.4. The van der Waals surface area contributed by atoms with Gasteiger partial charge in [0.05, 0.1) is 17.6 Å². The molecule has 0 aliphatic heterocycles. The van der Waals surface area contributed by atoms with Gasteiger partial charge in [0.1, 0.15) is 5.82 Å². The molecule has 2 aromatic rings. The molecule has 3 rings (SSSR count). The van der Waals surface area contributed by atoms with Gasteiger partial charge in [-0.2, -0.15) is 0 Å². The second kappa shape index (κ2) is 4.72. The molecule has 0 spiro atoms. The molecular weight excluding hydrogens is 224 g/mol. The summed E-state index contributed by atoms with van der Waals surface area (Å²) in [6.07, 6.45) is 8.88. The van der Waals surface area contributed by atoms with E-state index in [4.69, 9.17) is 0 Å². The molecule has 4 nitrogen and oxygen atoms in total. The molecule has 1 aliphatic carbocycles. The van der Waals surface area contributed by atoms with E-state index in [2.05, 4.69) is 26.3 Å². The number of pyridine rings is 1. The van der Waals surface area contributed by atoms with Crippen molar-refractivity contribution < 1.29 is 0 Å². The fraction of sp³-hybridized carbons (Fsp3) is 0.357. The Hall–Kier alpha value is -1.97. The van der Waals surface area contributed by atoms with Crippen LogP contribution in [0, 0.1) is 0 Å². The molecule has 0 aromatic carbocycles. The highest BCUT2D eigenvalue weighted by atomic mass is 15.0. The summed E-state index contributed by atoms with van der Waals surface area (Å²) < 4.78 is 0. The molecule has 92 valence electrons. The summed E-state index contributed by atoms with van der Waals surface area (Å²) in [4.78, 5) is 13.4. The van der Waals surface area contributed by atoms with Crippen molar-refractivity contribution in [2.75, 3.05) is 12.4 Å². The Morgan fingerprint density at radius 1 is 1.33 bits per heavy atom. The summed E-state index contributed by atoms with van der Waals surface area (Å²) in [5.74, 6) is 1.10. The van der Waals surface area contributed by atoms with Gasteiger partial charge in [-0.1, -0.05) is 6.07 Å². The molecule has 1 N–H and O–H groups in total. The molecule has 1 atom stereocenters. The van der Waals surface area contributed by atoms with Crippen LogP contribution in [-0.4, -0.2) is 22.0 Å². The molecule has 4 heteroatoms. The summed E-state index contributed by atoms with van der Waals surface area (Å²) in [7, 11) is 1.86. The summed E-state index contributed by atoms with van der Waals surface area (Å²) >= 11 is 0. The number of nitrogens with zero attached hydrogens (tertiary/aromatic N) is 3. The Morgan fingerprint density at radius 3 is 3.17 bits per heavy atom. The van der Waals surface area contributed by atoms with E-state index < -0.39 is 0 Å². The average molecular weight is 240 g/mol. The molecule has 1 unspecified atom stereocenters. The van der Waals surface area contributed by atoms with Gasteiger partial charge in [-0.3, -0.25) is 9.97 Å². The zero-order chi connectivity index (χ0) is 12.4. The minimum atomic E-state index is 0.288. The van der Waals surface area contributed by atoms with E-state index >= 15 is 0 Å². The first-order valence-corrected chi connectivity index (χ1v) is 6.32. The number of hydrogen-bond acceptors (Lipinski definition) is 4. The minimum Gasteiger partial charge on any atom is -0.372 e. The van der Waals surface area contributed by atoms with Gasteiger partial charge in [0.2, 0.25) is 0 Å². The van der Waals surface area contributed by atoms with Crippen molar-refractivity contribution in [1.29, 1.82) is 0 Å². The Labute approximate surface area is 107 Å². The van der Waals surface area contributed by atoms with Crippen molar-refractivity contribution >= 4 is 5.82 Å². The maximum Gasteiger partial charge on any atom is 0.144 e. The van der Waals surface area contributed by atoms with E-state index in [1.165, 1.54) is 17.7 Å². The molecule has 0 saturated heterocycles. The lowest BCUT2D eigenvalue weighted by Gasteiger charge is -2.23. The summed E-state index contributed by atoms with van der Waals surface area (Å²) in [6, 6.07) is 4.18. The number of aryl methyl sites for hydroxylation is 1. The van der Waals surface area contributed by atoms with Gasteiger partial charge in [0.25, 0.3) is 0 Å². The van der Waals surface area contributed by atoms with Crippen LogP contribution in [0.1, 0.15) is 35.7 Å². The van der Waals surface area contributed by atoms with Gasteiger partial charge in [-0.15, -0.1) is 0 Å². The molecule has 0 fully saturated rings. The number of fused-ring (bicyclic) bond motifs is 1. The topological polar surface area (TPSA) is 50.7 Å². The van der Waals surface area contributed by atoms with Crippen LogP contribution < -0.4 is 5.32 Å². The monoisotopic (exact) mass is 240 g/mol. The minimum absolute atomic E-state index is 0.288. The highest BCUT2D eigenvalue weighted by Gasteiger charge is 2.24. The fourth-order valence-corrected chi connectivity index (χ4v) is 2.57. The van der Waals surface area contributed by atoms with Gasteiger partial charge >= 0.3 is 0 Å². The zero-order valence-corrected chi connectivity index (χ0v) is 10.4. The lowest BCUT2D eigenvalue weighted by Crippen LogP contribution is -2.14. The number of anilines is 1. The van der Waals surface area contributed by atoms with Crippen LogP contribution in [0.5, 0.6) is 0 Å². The molecule has 0 amide bonds. The van der Waals surface area contributed by atoms with E-state index in [9.17, 15) is 0 Å². The molecule has 0 radical (unpaired) electrons. The molecule has 2 heterocycles. The van der Waals surface area contributed by atoms with Crippen LogP contribution >= 0.6 is 0 Å². The van der Waals surface area contributed by atoms with Crippen molar-refractivity contribution in [3.8, 4) is 0 Å². The number of nitrogens with one attached hydrogen (secondary N) is 1. The molecule has 2 aromatic heterocycles. The van der Waals surface area contributed by atoms with Crippen molar-refractivity contribution in [3.63, 3.8) is 0 Å². The van der Waals surface area contributed by atoms with Crippen molar-refractivity contribution in [2.24, 2.45) is 0 Å². The third-order valence-corrected chi connectivity index (χ3v) is 3.46.